The zero-order valence-electron chi connectivity index (χ0n) is 17.7. The molecule has 0 saturated carbocycles. The minimum atomic E-state index is -4.15. The summed E-state index contributed by atoms with van der Waals surface area (Å²) in [5.41, 5.74) is 1.96. The van der Waals surface area contributed by atoms with Crippen LogP contribution in [-0.4, -0.2) is 24.8 Å². The number of aromatic amines is 1. The first-order valence-corrected chi connectivity index (χ1v) is 14.3. The summed E-state index contributed by atoms with van der Waals surface area (Å²) in [6, 6.07) is 20.4. The molecule has 9 nitrogen and oxygen atoms in total. The second kappa shape index (κ2) is 15.1. The van der Waals surface area contributed by atoms with Gasteiger partial charge in [0.1, 0.15) is 5.75 Å². The molecule has 3 rings (SSSR count). The van der Waals surface area contributed by atoms with Crippen molar-refractivity contribution in [3.8, 4) is 11.5 Å². The maximum atomic E-state index is 12.1. The molecule has 184 valence electrons. The normalized spacial score (nSPS) is 12.1. The molecule has 1 N–H and O–H groups in total. The summed E-state index contributed by atoms with van der Waals surface area (Å²) in [6.07, 6.45) is 0. The molecule has 0 bridgehead atoms. The number of nitrogens with one attached hydrogen (secondary N) is 1. The fourth-order valence-electron chi connectivity index (χ4n) is 2.31. The van der Waals surface area contributed by atoms with Gasteiger partial charge in [-0.15, -0.1) is 4.40 Å². The zero-order chi connectivity index (χ0) is 24.8. The second-order valence-electron chi connectivity index (χ2n) is 6.12. The van der Waals surface area contributed by atoms with Gasteiger partial charge < -0.3 is 14.1 Å². The zero-order valence-corrected chi connectivity index (χ0v) is 21.9. The van der Waals surface area contributed by atoms with Crippen molar-refractivity contribution in [3.05, 3.63) is 84.2 Å². The Morgan fingerprint density at radius 3 is 2.00 bits per heavy atom. The van der Waals surface area contributed by atoms with Crippen LogP contribution in [0.1, 0.15) is 25.2 Å². The molecule has 0 radical (unpaired) electrons. The standard InChI is InChI=1S/C20H19N3O6S2.2ClH.Fe/c1-15(22-30-29-28-26-17-9-5-3-6-10-17)19-13-14-20(21-19)16(2)23-31(24,25)27-18-11-7-4-8-12-18;;;/h3-14,21H,1-2H3;2*1H;/q;;;+2/p-2/b22-15+,23-16+;;;. The Labute approximate surface area is 216 Å². The van der Waals surface area contributed by atoms with E-state index in [-0.39, 0.29) is 24.6 Å². The van der Waals surface area contributed by atoms with Crippen LogP contribution in [0.2, 0.25) is 0 Å². The van der Waals surface area contributed by atoms with Gasteiger partial charge in [0.15, 0.2) is 18.0 Å². The molecule has 0 saturated heterocycles. The van der Waals surface area contributed by atoms with Crippen LogP contribution in [0.15, 0.2) is 81.6 Å². The summed E-state index contributed by atoms with van der Waals surface area (Å²) in [5, 5.41) is 4.60. The molecule has 0 amide bonds. The quantitative estimate of drug-likeness (QED) is 0.0603. The van der Waals surface area contributed by atoms with Gasteiger partial charge in [-0.2, -0.15) is 12.8 Å². The third kappa shape index (κ3) is 10.5. The van der Waals surface area contributed by atoms with Crippen molar-refractivity contribution < 1.29 is 40.0 Å². The van der Waals surface area contributed by atoms with E-state index in [4.69, 9.17) is 33.6 Å². The number of benzene rings is 2. The monoisotopic (exact) mass is 587 g/mol. The molecular formula is C20H19Cl2FeN3O6S2. The fourth-order valence-corrected chi connectivity index (χ4v) is 3.43. The number of halogens is 2. The van der Waals surface area contributed by atoms with E-state index >= 15 is 0 Å². The maximum absolute atomic E-state index is 12.1. The number of nitrogens with zero attached hydrogens (tertiary/aromatic N) is 2. The topological polar surface area (TPSA) is 112 Å². The Morgan fingerprint density at radius 2 is 1.41 bits per heavy atom. The molecule has 0 aliphatic heterocycles. The Kier molecular flexibility index (Phi) is 12.5. The molecule has 0 aliphatic carbocycles. The summed E-state index contributed by atoms with van der Waals surface area (Å²) in [4.78, 5) is 7.96. The Bertz CT molecular complexity index is 1180. The van der Waals surface area contributed by atoms with Crippen molar-refractivity contribution in [2.24, 2.45) is 8.80 Å². The second-order valence-corrected chi connectivity index (χ2v) is 9.62. The van der Waals surface area contributed by atoms with E-state index in [9.17, 15) is 8.42 Å². The summed E-state index contributed by atoms with van der Waals surface area (Å²) < 4.78 is 41.8. The number of H-pyrrole nitrogens is 1. The van der Waals surface area contributed by atoms with E-state index in [1.165, 1.54) is 12.1 Å². The molecule has 14 heteroatoms. The predicted molar refractivity (Wildman–Crippen MR) is 130 cm³/mol. The van der Waals surface area contributed by atoms with Gasteiger partial charge in [0.05, 0.1) is 22.8 Å². The third-order valence-corrected chi connectivity index (χ3v) is 5.13. The number of hydrogen-bond donors (Lipinski definition) is 1. The van der Waals surface area contributed by atoms with Gasteiger partial charge in [-0.3, -0.25) is 0 Å². The van der Waals surface area contributed by atoms with Crippen molar-refractivity contribution in [2.45, 2.75) is 13.8 Å². The number of para-hydroxylation sites is 2. The number of hydrogen-bond acceptors (Lipinski definition) is 8. The molecule has 34 heavy (non-hydrogen) atoms. The third-order valence-electron chi connectivity index (χ3n) is 3.76. The average Bonchev–Trinajstić information content (AvgIpc) is 3.31. The molecule has 0 atom stereocenters. The van der Waals surface area contributed by atoms with Crippen molar-refractivity contribution in [3.63, 3.8) is 0 Å². The first-order chi connectivity index (χ1) is 16.3. The van der Waals surface area contributed by atoms with Crippen LogP contribution in [0, 0.1) is 0 Å². The average molecular weight is 588 g/mol. The molecule has 3 aromatic rings. The molecule has 1 heterocycles. The van der Waals surface area contributed by atoms with Crippen LogP contribution in [0.4, 0.5) is 0 Å². The number of rotatable bonds is 10. The molecule has 0 unspecified atom stereocenters. The molecular weight excluding hydrogens is 569 g/mol. The van der Waals surface area contributed by atoms with Gasteiger partial charge in [-0.1, -0.05) is 40.7 Å². The molecule has 1 aromatic heterocycles. The van der Waals surface area contributed by atoms with Crippen molar-refractivity contribution in [2.75, 3.05) is 0 Å². The van der Waals surface area contributed by atoms with Crippen LogP contribution in [0.25, 0.3) is 0 Å². The van der Waals surface area contributed by atoms with Gasteiger partial charge >= 0.3 is 43.6 Å². The van der Waals surface area contributed by atoms with Crippen LogP contribution in [0.5, 0.6) is 11.5 Å². The van der Waals surface area contributed by atoms with E-state index in [0.717, 1.165) is 0 Å². The van der Waals surface area contributed by atoms with Crippen molar-refractivity contribution in [1.29, 1.82) is 0 Å². The van der Waals surface area contributed by atoms with E-state index < -0.39 is 10.3 Å². The fraction of sp³-hybridized carbons (Fsp3) is 0.100. The number of aromatic nitrogens is 1. The van der Waals surface area contributed by atoms with Gasteiger partial charge in [0, 0.05) is 5.04 Å². The first-order valence-electron chi connectivity index (χ1n) is 9.22. The van der Waals surface area contributed by atoms with E-state index in [2.05, 4.69) is 18.8 Å². The summed E-state index contributed by atoms with van der Waals surface area (Å²) in [7, 11) is 5.37. The molecule has 0 spiro atoms. The van der Waals surface area contributed by atoms with Crippen LogP contribution < -0.4 is 9.07 Å². The molecule has 0 fully saturated rings. The molecule has 0 aliphatic rings. The van der Waals surface area contributed by atoms with Gasteiger partial charge in [0.2, 0.25) is 0 Å². The van der Waals surface area contributed by atoms with Crippen LogP contribution in [0.3, 0.4) is 0 Å². The van der Waals surface area contributed by atoms with Crippen molar-refractivity contribution >= 4 is 54.2 Å². The minimum absolute atomic E-state index is 0.185. The van der Waals surface area contributed by atoms with Gasteiger partial charge in [-0.05, 0) is 50.2 Å². The first kappa shape index (κ1) is 28.2. The van der Waals surface area contributed by atoms with Crippen LogP contribution >= 0.6 is 32.4 Å². The van der Waals surface area contributed by atoms with Gasteiger partial charge in [0.25, 0.3) is 0 Å². The Hall–Kier alpha value is -2.02. The Morgan fingerprint density at radius 1 is 0.882 bits per heavy atom. The predicted octanol–water partition coefficient (Wildman–Crippen LogP) is 5.84. The van der Waals surface area contributed by atoms with Crippen LogP contribution in [-0.2, 0) is 32.8 Å². The SMILES string of the molecule is C/C(=N\SOOOc1ccccc1)c1ccc(/C(C)=N/S(=O)(=O)Oc2ccccc2)[nH]1.[Cl][Fe][Cl]. The van der Waals surface area contributed by atoms with E-state index in [1.54, 1.807) is 68.4 Å². The summed E-state index contributed by atoms with van der Waals surface area (Å²) >= 11 is 0.873. The molecule has 2 aromatic carbocycles. The summed E-state index contributed by atoms with van der Waals surface area (Å²) in [6.45, 7) is 3.30. The van der Waals surface area contributed by atoms with Crippen molar-refractivity contribution in [1.82, 2.24) is 4.98 Å². The van der Waals surface area contributed by atoms with E-state index in [0.29, 0.717) is 35.1 Å². The Balaban J connectivity index is 0.00000129. The summed E-state index contributed by atoms with van der Waals surface area (Å²) in [5.74, 6) is 0.670. The van der Waals surface area contributed by atoms with E-state index in [1.807, 2.05) is 6.07 Å². The van der Waals surface area contributed by atoms with Gasteiger partial charge in [-0.25, -0.2) is 0 Å².